The van der Waals surface area contributed by atoms with Crippen molar-refractivity contribution in [3.05, 3.63) is 71.2 Å². The molecule has 0 saturated heterocycles. The number of carbonyl (C=O) groups excluding carboxylic acids is 1. The Bertz CT molecular complexity index is 933. The number of carbonyl (C=O) groups is 1. The number of pyridine rings is 1. The Balaban J connectivity index is 1.47. The predicted octanol–water partition coefficient (Wildman–Crippen LogP) is 2.33. The van der Waals surface area contributed by atoms with Crippen LogP contribution in [0.2, 0.25) is 0 Å². The molecule has 146 valence electrons. The van der Waals surface area contributed by atoms with Gasteiger partial charge in [-0.15, -0.1) is 0 Å². The van der Waals surface area contributed by atoms with E-state index in [9.17, 15) is 4.79 Å². The topological polar surface area (TPSA) is 76.2 Å². The normalized spacial score (nSPS) is 16.2. The van der Waals surface area contributed by atoms with Crippen molar-refractivity contribution in [1.29, 1.82) is 0 Å². The summed E-state index contributed by atoms with van der Waals surface area (Å²) in [6.45, 7) is 1.23. The SMILES string of the molecule is CN(Cc1ccco1)C1CCc2c(c(C(=O)NCc3ccncc3)nn2C)C1. The van der Waals surface area contributed by atoms with E-state index in [0.29, 0.717) is 18.3 Å². The number of rotatable bonds is 6. The monoisotopic (exact) mass is 379 g/mol. The fourth-order valence-corrected chi connectivity index (χ4v) is 3.87. The fourth-order valence-electron chi connectivity index (χ4n) is 3.87. The Morgan fingerprint density at radius 3 is 2.93 bits per heavy atom. The van der Waals surface area contributed by atoms with Gasteiger partial charge in [0.05, 0.1) is 12.8 Å². The summed E-state index contributed by atoms with van der Waals surface area (Å²) in [5.41, 5.74) is 3.79. The lowest BCUT2D eigenvalue weighted by Crippen LogP contribution is -2.36. The number of amides is 1. The minimum Gasteiger partial charge on any atom is -0.468 e. The molecule has 1 aliphatic rings. The maximum atomic E-state index is 12.8. The van der Waals surface area contributed by atoms with Crippen LogP contribution in [0.5, 0.6) is 0 Å². The third-order valence-electron chi connectivity index (χ3n) is 5.46. The molecule has 3 aromatic rings. The molecule has 1 aliphatic carbocycles. The summed E-state index contributed by atoms with van der Waals surface area (Å²) in [5.74, 6) is 0.831. The standard InChI is InChI=1S/C21H25N5O2/c1-25(14-17-4-3-11-28-17)16-5-6-19-18(12-16)20(24-26(19)2)21(27)23-13-15-7-9-22-10-8-15/h3-4,7-11,16H,5-6,12-14H2,1-2H3,(H,23,27). The fraction of sp³-hybridized carbons (Fsp3) is 0.381. The molecule has 4 rings (SSSR count). The molecule has 0 fully saturated rings. The van der Waals surface area contributed by atoms with E-state index >= 15 is 0 Å². The van der Waals surface area contributed by atoms with E-state index in [0.717, 1.165) is 48.4 Å². The summed E-state index contributed by atoms with van der Waals surface area (Å²) in [7, 11) is 4.03. The van der Waals surface area contributed by atoms with Gasteiger partial charge in [-0.1, -0.05) is 0 Å². The van der Waals surface area contributed by atoms with Crippen LogP contribution in [0.15, 0.2) is 47.3 Å². The zero-order valence-corrected chi connectivity index (χ0v) is 16.3. The van der Waals surface area contributed by atoms with Crippen LogP contribution in [0, 0.1) is 0 Å². The van der Waals surface area contributed by atoms with Crippen LogP contribution in [0.25, 0.3) is 0 Å². The van der Waals surface area contributed by atoms with Crippen LogP contribution in [-0.2, 0) is 33.0 Å². The largest absolute Gasteiger partial charge is 0.468 e. The molecule has 1 N–H and O–H groups in total. The van der Waals surface area contributed by atoms with Gasteiger partial charge in [0, 0.05) is 43.3 Å². The zero-order chi connectivity index (χ0) is 19.5. The Morgan fingerprint density at radius 1 is 1.36 bits per heavy atom. The summed E-state index contributed by atoms with van der Waals surface area (Å²) in [6, 6.07) is 8.05. The van der Waals surface area contributed by atoms with Crippen molar-refractivity contribution in [1.82, 2.24) is 25.0 Å². The van der Waals surface area contributed by atoms with E-state index in [4.69, 9.17) is 4.42 Å². The molecular weight excluding hydrogens is 354 g/mol. The van der Waals surface area contributed by atoms with E-state index < -0.39 is 0 Å². The molecule has 1 unspecified atom stereocenters. The highest BCUT2D eigenvalue weighted by molar-refractivity contribution is 5.94. The Kier molecular flexibility index (Phi) is 5.25. The van der Waals surface area contributed by atoms with Gasteiger partial charge in [-0.05, 0) is 56.1 Å². The summed E-state index contributed by atoms with van der Waals surface area (Å²) in [6.07, 6.45) is 7.94. The van der Waals surface area contributed by atoms with Crippen LogP contribution in [0.1, 0.15) is 39.5 Å². The Morgan fingerprint density at radius 2 is 2.18 bits per heavy atom. The first kappa shape index (κ1) is 18.4. The summed E-state index contributed by atoms with van der Waals surface area (Å²) >= 11 is 0. The van der Waals surface area contributed by atoms with Crippen LogP contribution in [-0.4, -0.2) is 38.7 Å². The highest BCUT2D eigenvalue weighted by atomic mass is 16.3. The first-order valence-corrected chi connectivity index (χ1v) is 9.56. The number of aryl methyl sites for hydroxylation is 1. The number of hydrogen-bond acceptors (Lipinski definition) is 5. The highest BCUT2D eigenvalue weighted by Crippen LogP contribution is 2.27. The Hall–Kier alpha value is -2.93. The molecule has 1 amide bonds. The first-order chi connectivity index (χ1) is 13.6. The van der Waals surface area contributed by atoms with Crippen LogP contribution in [0.3, 0.4) is 0 Å². The number of nitrogens with zero attached hydrogens (tertiary/aromatic N) is 4. The van der Waals surface area contributed by atoms with Crippen molar-refractivity contribution in [2.75, 3.05) is 7.05 Å². The Labute approximate surface area is 164 Å². The van der Waals surface area contributed by atoms with Gasteiger partial charge in [-0.25, -0.2) is 0 Å². The smallest absolute Gasteiger partial charge is 0.272 e. The van der Waals surface area contributed by atoms with Crippen LogP contribution < -0.4 is 5.32 Å². The van der Waals surface area contributed by atoms with E-state index in [-0.39, 0.29) is 5.91 Å². The second-order valence-corrected chi connectivity index (χ2v) is 7.33. The number of fused-ring (bicyclic) bond motifs is 1. The number of nitrogens with one attached hydrogen (secondary N) is 1. The maximum absolute atomic E-state index is 12.8. The van der Waals surface area contributed by atoms with Gasteiger partial charge in [0.25, 0.3) is 5.91 Å². The lowest BCUT2D eigenvalue weighted by molar-refractivity contribution is 0.0943. The quantitative estimate of drug-likeness (QED) is 0.711. The molecule has 0 saturated carbocycles. The molecule has 1 atom stereocenters. The lowest BCUT2D eigenvalue weighted by Gasteiger charge is -2.31. The van der Waals surface area contributed by atoms with Gasteiger partial charge >= 0.3 is 0 Å². The summed E-state index contributed by atoms with van der Waals surface area (Å²) < 4.78 is 7.34. The summed E-state index contributed by atoms with van der Waals surface area (Å²) in [5, 5.41) is 7.52. The summed E-state index contributed by atoms with van der Waals surface area (Å²) in [4.78, 5) is 19.1. The lowest BCUT2D eigenvalue weighted by atomic mass is 9.90. The van der Waals surface area contributed by atoms with E-state index in [1.54, 1.807) is 18.7 Å². The number of hydrogen-bond donors (Lipinski definition) is 1. The van der Waals surface area contributed by atoms with Gasteiger partial charge in [-0.2, -0.15) is 5.10 Å². The predicted molar refractivity (Wildman–Crippen MR) is 105 cm³/mol. The molecule has 0 aromatic carbocycles. The van der Waals surface area contributed by atoms with Gasteiger partial charge in [0.1, 0.15) is 5.76 Å². The molecule has 7 heteroatoms. The van der Waals surface area contributed by atoms with E-state index in [1.165, 1.54) is 0 Å². The third-order valence-corrected chi connectivity index (χ3v) is 5.46. The van der Waals surface area contributed by atoms with Gasteiger partial charge in [0.2, 0.25) is 0 Å². The van der Waals surface area contributed by atoms with Crippen molar-refractivity contribution in [2.24, 2.45) is 7.05 Å². The van der Waals surface area contributed by atoms with E-state index in [1.807, 2.05) is 36.0 Å². The molecule has 7 nitrogen and oxygen atoms in total. The van der Waals surface area contributed by atoms with Gasteiger partial charge in [-0.3, -0.25) is 19.4 Å². The zero-order valence-electron chi connectivity index (χ0n) is 16.3. The number of aromatic nitrogens is 3. The molecule has 0 radical (unpaired) electrons. The van der Waals surface area contributed by atoms with Crippen molar-refractivity contribution in [3.8, 4) is 0 Å². The number of likely N-dealkylation sites (N-methyl/N-ethyl adjacent to an activating group) is 1. The molecule has 3 heterocycles. The minimum absolute atomic E-state index is 0.122. The maximum Gasteiger partial charge on any atom is 0.272 e. The molecule has 0 aliphatic heterocycles. The minimum atomic E-state index is -0.122. The van der Waals surface area contributed by atoms with Gasteiger partial charge in [0.15, 0.2) is 5.69 Å². The second kappa shape index (κ2) is 7.98. The van der Waals surface area contributed by atoms with Crippen molar-refractivity contribution in [3.63, 3.8) is 0 Å². The van der Waals surface area contributed by atoms with Crippen molar-refractivity contribution < 1.29 is 9.21 Å². The third kappa shape index (κ3) is 3.84. The van der Waals surface area contributed by atoms with E-state index in [2.05, 4.69) is 27.3 Å². The molecule has 28 heavy (non-hydrogen) atoms. The van der Waals surface area contributed by atoms with Crippen molar-refractivity contribution >= 4 is 5.91 Å². The number of furan rings is 1. The molecule has 0 bridgehead atoms. The average Bonchev–Trinajstić information content (AvgIpc) is 3.34. The highest BCUT2D eigenvalue weighted by Gasteiger charge is 2.30. The van der Waals surface area contributed by atoms with Crippen LogP contribution in [0.4, 0.5) is 0 Å². The van der Waals surface area contributed by atoms with Gasteiger partial charge < -0.3 is 9.73 Å². The molecular formula is C21H25N5O2. The van der Waals surface area contributed by atoms with Crippen molar-refractivity contribution in [2.45, 2.75) is 38.4 Å². The average molecular weight is 379 g/mol. The first-order valence-electron chi connectivity index (χ1n) is 9.56. The van der Waals surface area contributed by atoms with Crippen LogP contribution >= 0.6 is 0 Å². The second-order valence-electron chi connectivity index (χ2n) is 7.33. The molecule has 0 spiro atoms. The molecule has 3 aromatic heterocycles.